The summed E-state index contributed by atoms with van der Waals surface area (Å²) in [4.78, 5) is 17.3. The summed E-state index contributed by atoms with van der Waals surface area (Å²) in [6.07, 6.45) is 1.88. The summed E-state index contributed by atoms with van der Waals surface area (Å²) in [5.41, 5.74) is 5.25. The number of halogens is 2. The van der Waals surface area contributed by atoms with E-state index in [9.17, 15) is 4.79 Å². The number of hydrogen-bond donors (Lipinski definition) is 3. The number of primary amides is 1. The van der Waals surface area contributed by atoms with E-state index in [1.165, 1.54) is 0 Å². The van der Waals surface area contributed by atoms with Crippen LogP contribution in [0.2, 0.25) is 5.02 Å². The third-order valence-corrected chi connectivity index (χ3v) is 4.49. The maximum absolute atomic E-state index is 11.0. The second kappa shape index (κ2) is 12.2. The summed E-state index contributed by atoms with van der Waals surface area (Å²) in [7, 11) is 1.75. The van der Waals surface area contributed by atoms with Gasteiger partial charge in [-0.15, -0.1) is 24.0 Å². The fraction of sp³-hybridized carbons (Fsp3) is 0.556. The molecule has 0 bridgehead atoms. The minimum Gasteiger partial charge on any atom is -0.489 e. The predicted octanol–water partition coefficient (Wildman–Crippen LogP) is 1.84. The van der Waals surface area contributed by atoms with Gasteiger partial charge in [0.1, 0.15) is 11.9 Å². The van der Waals surface area contributed by atoms with Crippen LogP contribution < -0.4 is 21.1 Å². The summed E-state index contributed by atoms with van der Waals surface area (Å²) in [6.45, 7) is 4.67. The molecule has 1 fully saturated rings. The van der Waals surface area contributed by atoms with Gasteiger partial charge in [-0.1, -0.05) is 11.6 Å². The molecule has 2 rings (SSSR count). The van der Waals surface area contributed by atoms with Gasteiger partial charge in [0.2, 0.25) is 5.91 Å². The number of likely N-dealkylation sites (tertiary alicyclic amines) is 1. The minimum atomic E-state index is -0.274. The first kappa shape index (κ1) is 23.8. The molecule has 1 amide bonds. The quantitative estimate of drug-likeness (QED) is 0.296. The maximum atomic E-state index is 11.0. The number of carbonyl (C=O) groups is 1. The Kier molecular flexibility index (Phi) is 10.8. The molecule has 152 valence electrons. The minimum absolute atomic E-state index is 0. The summed E-state index contributed by atoms with van der Waals surface area (Å²) in [5.74, 6) is 1.27. The predicted molar refractivity (Wildman–Crippen MR) is 120 cm³/mol. The third-order valence-electron chi connectivity index (χ3n) is 4.24. The first-order valence-corrected chi connectivity index (χ1v) is 9.24. The molecular formula is C18H29ClIN5O2. The summed E-state index contributed by atoms with van der Waals surface area (Å²) >= 11 is 5.88. The molecule has 0 aromatic heterocycles. The van der Waals surface area contributed by atoms with Crippen LogP contribution in [0.3, 0.4) is 0 Å². The number of hydrogen-bond acceptors (Lipinski definition) is 4. The van der Waals surface area contributed by atoms with Gasteiger partial charge in [-0.2, -0.15) is 0 Å². The van der Waals surface area contributed by atoms with E-state index in [2.05, 4.69) is 20.5 Å². The number of guanidine groups is 1. The highest BCUT2D eigenvalue weighted by molar-refractivity contribution is 14.0. The first-order chi connectivity index (χ1) is 12.5. The number of nitrogens with one attached hydrogen (secondary N) is 2. The van der Waals surface area contributed by atoms with Crippen molar-refractivity contribution in [2.75, 3.05) is 33.2 Å². The highest BCUT2D eigenvalue weighted by Crippen LogP contribution is 2.16. The molecule has 1 aliphatic heterocycles. The summed E-state index contributed by atoms with van der Waals surface area (Å²) < 4.78 is 5.85. The number of carbonyl (C=O) groups excluding carboxylic acids is 1. The zero-order valence-electron chi connectivity index (χ0n) is 15.8. The molecule has 7 nitrogen and oxygen atoms in total. The molecule has 1 aromatic carbocycles. The summed E-state index contributed by atoms with van der Waals surface area (Å²) in [5, 5.41) is 7.41. The molecule has 27 heavy (non-hydrogen) atoms. The van der Waals surface area contributed by atoms with Crippen molar-refractivity contribution in [2.24, 2.45) is 10.7 Å². The third kappa shape index (κ3) is 8.98. The van der Waals surface area contributed by atoms with Crippen molar-refractivity contribution < 1.29 is 9.53 Å². The lowest BCUT2D eigenvalue weighted by Crippen LogP contribution is -2.50. The molecule has 1 atom stereocenters. The van der Waals surface area contributed by atoms with E-state index >= 15 is 0 Å². The van der Waals surface area contributed by atoms with Crippen LogP contribution in [0.15, 0.2) is 29.3 Å². The van der Waals surface area contributed by atoms with Crippen molar-refractivity contribution >= 4 is 47.4 Å². The van der Waals surface area contributed by atoms with Crippen LogP contribution in [-0.4, -0.2) is 62.1 Å². The van der Waals surface area contributed by atoms with Gasteiger partial charge in [0.05, 0.1) is 13.1 Å². The highest BCUT2D eigenvalue weighted by Gasteiger charge is 2.21. The zero-order chi connectivity index (χ0) is 18.9. The molecule has 0 aliphatic carbocycles. The molecule has 4 N–H and O–H groups in total. The van der Waals surface area contributed by atoms with Crippen LogP contribution >= 0.6 is 35.6 Å². The maximum Gasteiger partial charge on any atom is 0.231 e. The molecule has 0 radical (unpaired) electrons. The van der Waals surface area contributed by atoms with E-state index in [-0.39, 0.29) is 36.0 Å². The van der Waals surface area contributed by atoms with Crippen LogP contribution in [-0.2, 0) is 4.79 Å². The van der Waals surface area contributed by atoms with Gasteiger partial charge in [0, 0.05) is 31.2 Å². The fourth-order valence-corrected chi connectivity index (χ4v) is 3.00. The van der Waals surface area contributed by atoms with E-state index in [4.69, 9.17) is 22.1 Å². The average Bonchev–Trinajstić information content (AvgIpc) is 2.61. The van der Waals surface area contributed by atoms with E-state index in [0.717, 1.165) is 37.6 Å². The number of benzene rings is 1. The smallest absolute Gasteiger partial charge is 0.231 e. The Hall–Kier alpha value is -1.26. The van der Waals surface area contributed by atoms with Crippen molar-refractivity contribution in [1.82, 2.24) is 15.5 Å². The van der Waals surface area contributed by atoms with Gasteiger partial charge in [0.25, 0.3) is 0 Å². The van der Waals surface area contributed by atoms with Gasteiger partial charge in [-0.05, 0) is 44.0 Å². The van der Waals surface area contributed by atoms with Gasteiger partial charge < -0.3 is 21.1 Å². The van der Waals surface area contributed by atoms with Crippen LogP contribution in [0.1, 0.15) is 19.8 Å². The van der Waals surface area contributed by atoms with Gasteiger partial charge in [0.15, 0.2) is 5.96 Å². The number of aliphatic imine (C=N–C) groups is 1. The number of ether oxygens (including phenoxy) is 1. The fourth-order valence-electron chi connectivity index (χ4n) is 2.87. The van der Waals surface area contributed by atoms with E-state index < -0.39 is 0 Å². The van der Waals surface area contributed by atoms with Crippen LogP contribution in [0.5, 0.6) is 5.75 Å². The Morgan fingerprint density at radius 2 is 2.00 bits per heavy atom. The van der Waals surface area contributed by atoms with E-state index in [1.54, 1.807) is 7.05 Å². The average molecular weight is 510 g/mol. The normalized spacial score (nSPS) is 16.9. The van der Waals surface area contributed by atoms with Crippen LogP contribution in [0.25, 0.3) is 0 Å². The molecule has 1 saturated heterocycles. The molecule has 1 heterocycles. The number of amides is 1. The van der Waals surface area contributed by atoms with Crippen LogP contribution in [0, 0.1) is 0 Å². The molecule has 9 heteroatoms. The van der Waals surface area contributed by atoms with Crippen molar-refractivity contribution in [3.8, 4) is 5.75 Å². The molecule has 1 unspecified atom stereocenters. The lowest BCUT2D eigenvalue weighted by Gasteiger charge is -2.32. The summed E-state index contributed by atoms with van der Waals surface area (Å²) in [6, 6.07) is 7.65. The molecule has 0 saturated carbocycles. The molecular weight excluding hydrogens is 481 g/mol. The lowest BCUT2D eigenvalue weighted by atomic mass is 10.1. The Labute approximate surface area is 183 Å². The monoisotopic (exact) mass is 509 g/mol. The van der Waals surface area contributed by atoms with E-state index in [1.807, 2.05) is 31.2 Å². The van der Waals surface area contributed by atoms with Crippen LogP contribution in [0.4, 0.5) is 0 Å². The topological polar surface area (TPSA) is 92.0 Å². The van der Waals surface area contributed by atoms with Crippen molar-refractivity contribution in [1.29, 1.82) is 0 Å². The Morgan fingerprint density at radius 1 is 1.37 bits per heavy atom. The largest absolute Gasteiger partial charge is 0.489 e. The van der Waals surface area contributed by atoms with Gasteiger partial charge >= 0.3 is 0 Å². The van der Waals surface area contributed by atoms with Crippen molar-refractivity contribution in [2.45, 2.75) is 31.9 Å². The SMILES string of the molecule is CN=C(NCC(C)Oc1ccc(Cl)cc1)NC1CCN(CC(N)=O)CC1.I. The highest BCUT2D eigenvalue weighted by atomic mass is 127. The van der Waals surface area contributed by atoms with E-state index in [0.29, 0.717) is 24.2 Å². The molecule has 0 spiro atoms. The van der Waals surface area contributed by atoms with Gasteiger partial charge in [-0.25, -0.2) is 0 Å². The standard InChI is InChI=1S/C18H28ClN5O2.HI/c1-13(26-16-5-3-14(19)4-6-16)11-22-18(21-2)23-15-7-9-24(10-8-15)12-17(20)25;/h3-6,13,15H,7-12H2,1-2H3,(H2,20,25)(H2,21,22,23);1H. The number of nitrogens with two attached hydrogens (primary N) is 1. The number of piperidine rings is 1. The Bertz CT molecular complexity index is 606. The van der Waals surface area contributed by atoms with Crippen molar-refractivity contribution in [3.63, 3.8) is 0 Å². The Balaban J connectivity index is 0.00000364. The van der Waals surface area contributed by atoms with Crippen molar-refractivity contribution in [3.05, 3.63) is 29.3 Å². The zero-order valence-corrected chi connectivity index (χ0v) is 18.9. The lowest BCUT2D eigenvalue weighted by molar-refractivity contribution is -0.119. The number of rotatable bonds is 7. The molecule has 1 aromatic rings. The Morgan fingerprint density at radius 3 is 2.56 bits per heavy atom. The van der Waals surface area contributed by atoms with Gasteiger partial charge in [-0.3, -0.25) is 14.7 Å². The molecule has 1 aliphatic rings. The second-order valence-corrected chi connectivity index (χ2v) is 6.93. The number of nitrogens with zero attached hydrogens (tertiary/aromatic N) is 2. The first-order valence-electron chi connectivity index (χ1n) is 8.86. The second-order valence-electron chi connectivity index (χ2n) is 6.50.